The summed E-state index contributed by atoms with van der Waals surface area (Å²) in [6.07, 6.45) is 0.357. The van der Waals surface area contributed by atoms with E-state index in [0.717, 1.165) is 5.56 Å². The van der Waals surface area contributed by atoms with Crippen molar-refractivity contribution in [1.29, 1.82) is 0 Å². The van der Waals surface area contributed by atoms with Crippen LogP contribution in [0, 0.1) is 17.8 Å². The molecular weight excluding hydrogens is 362 g/mol. The molecule has 0 fully saturated rings. The van der Waals surface area contributed by atoms with Gasteiger partial charge >= 0.3 is 11.9 Å². The molecule has 0 bridgehead atoms. The van der Waals surface area contributed by atoms with Gasteiger partial charge in [0.15, 0.2) is 0 Å². The number of rotatable bonds is 11. The number of aliphatic carboxylic acids is 1. The first kappa shape index (κ1) is 23.9. The Morgan fingerprint density at radius 1 is 1.14 bits per heavy atom. The van der Waals surface area contributed by atoms with E-state index in [1.165, 1.54) is 14.2 Å². The number of methoxy groups -OCH3 is 2. The summed E-state index contributed by atoms with van der Waals surface area (Å²) in [7, 11) is 2.84. The van der Waals surface area contributed by atoms with Crippen LogP contribution in [0.5, 0.6) is 5.75 Å². The molecule has 158 valence electrons. The second-order valence-corrected chi connectivity index (χ2v) is 7.64. The van der Waals surface area contributed by atoms with Crippen molar-refractivity contribution in [3.8, 4) is 5.75 Å². The zero-order valence-electron chi connectivity index (χ0n) is 17.3. The van der Waals surface area contributed by atoms with Crippen molar-refractivity contribution in [1.82, 2.24) is 0 Å². The van der Waals surface area contributed by atoms with E-state index in [9.17, 15) is 14.7 Å². The molecular formula is C21H33NO6. The quantitative estimate of drug-likeness (QED) is 0.492. The van der Waals surface area contributed by atoms with Crippen molar-refractivity contribution < 1.29 is 29.3 Å². The number of para-hydroxylation sites is 1. The number of carbonyl (C=O) groups is 2. The van der Waals surface area contributed by atoms with Crippen LogP contribution in [0.25, 0.3) is 0 Å². The number of aliphatic hydroxyl groups excluding tert-OH is 1. The van der Waals surface area contributed by atoms with Crippen molar-refractivity contribution in [3.63, 3.8) is 0 Å². The van der Waals surface area contributed by atoms with Gasteiger partial charge in [-0.25, -0.2) is 4.79 Å². The zero-order valence-corrected chi connectivity index (χ0v) is 17.3. The molecule has 0 heterocycles. The van der Waals surface area contributed by atoms with Gasteiger partial charge in [0.2, 0.25) is 0 Å². The number of hydrogen-bond acceptors (Lipinski definition) is 6. The summed E-state index contributed by atoms with van der Waals surface area (Å²) in [5.41, 5.74) is 7.41. The first-order chi connectivity index (χ1) is 13.1. The fourth-order valence-corrected chi connectivity index (χ4v) is 3.28. The highest BCUT2D eigenvalue weighted by molar-refractivity contribution is 5.93. The molecule has 0 spiro atoms. The minimum absolute atomic E-state index is 0.114. The normalized spacial score (nSPS) is 15.6. The smallest absolute Gasteiger partial charge is 0.341 e. The largest absolute Gasteiger partial charge is 0.496 e. The molecule has 4 atom stereocenters. The lowest BCUT2D eigenvalue weighted by atomic mass is 9.82. The summed E-state index contributed by atoms with van der Waals surface area (Å²) in [6.45, 7) is 5.70. The maximum absolute atomic E-state index is 12.0. The minimum Gasteiger partial charge on any atom is -0.496 e. The Hall–Kier alpha value is -2.12. The maximum Gasteiger partial charge on any atom is 0.341 e. The number of carboxylic acids is 1. The van der Waals surface area contributed by atoms with Crippen LogP contribution < -0.4 is 10.5 Å². The van der Waals surface area contributed by atoms with Crippen LogP contribution in [0.3, 0.4) is 0 Å². The molecule has 0 aromatic heterocycles. The van der Waals surface area contributed by atoms with Gasteiger partial charge in [0.05, 0.1) is 26.2 Å². The van der Waals surface area contributed by atoms with Gasteiger partial charge in [-0.1, -0.05) is 32.9 Å². The maximum atomic E-state index is 12.0. The van der Waals surface area contributed by atoms with Crippen molar-refractivity contribution in [2.24, 2.45) is 23.5 Å². The molecule has 28 heavy (non-hydrogen) atoms. The predicted molar refractivity (Wildman–Crippen MR) is 106 cm³/mol. The van der Waals surface area contributed by atoms with E-state index < -0.39 is 30.0 Å². The molecule has 0 amide bonds. The Labute approximate surface area is 166 Å². The Balaban J connectivity index is 2.97. The molecule has 1 aromatic carbocycles. The highest BCUT2D eigenvalue weighted by Gasteiger charge is 2.27. The lowest BCUT2D eigenvalue weighted by Crippen LogP contribution is -2.39. The Kier molecular flexibility index (Phi) is 9.41. The predicted octanol–water partition coefficient (Wildman–Crippen LogP) is 2.49. The molecule has 0 radical (unpaired) electrons. The Bertz CT molecular complexity index is 660. The van der Waals surface area contributed by atoms with Crippen LogP contribution in [0.4, 0.5) is 0 Å². The molecule has 0 unspecified atom stereocenters. The van der Waals surface area contributed by atoms with Crippen LogP contribution >= 0.6 is 0 Å². The number of ether oxygens (including phenoxy) is 2. The molecule has 0 aliphatic carbocycles. The summed E-state index contributed by atoms with van der Waals surface area (Å²) >= 11 is 0. The van der Waals surface area contributed by atoms with Crippen molar-refractivity contribution in [3.05, 3.63) is 29.3 Å². The van der Waals surface area contributed by atoms with E-state index in [0.29, 0.717) is 24.2 Å². The van der Waals surface area contributed by atoms with Crippen LogP contribution in [0.15, 0.2) is 18.2 Å². The third-order valence-electron chi connectivity index (χ3n) is 5.22. The number of nitrogens with two attached hydrogens (primary N) is 1. The first-order valence-electron chi connectivity index (χ1n) is 9.52. The fourth-order valence-electron chi connectivity index (χ4n) is 3.28. The number of hydrogen-bond donors (Lipinski definition) is 3. The molecule has 4 N–H and O–H groups in total. The van der Waals surface area contributed by atoms with Gasteiger partial charge in [-0.3, -0.25) is 4.79 Å². The average molecular weight is 395 g/mol. The second-order valence-electron chi connectivity index (χ2n) is 7.64. The first-order valence-corrected chi connectivity index (χ1v) is 9.52. The van der Waals surface area contributed by atoms with Gasteiger partial charge in [-0.2, -0.15) is 0 Å². The molecule has 0 saturated heterocycles. The monoisotopic (exact) mass is 395 g/mol. The van der Waals surface area contributed by atoms with E-state index in [2.05, 4.69) is 13.8 Å². The average Bonchev–Trinajstić information content (AvgIpc) is 2.65. The van der Waals surface area contributed by atoms with Gasteiger partial charge in [-0.05, 0) is 42.7 Å². The number of esters is 1. The van der Waals surface area contributed by atoms with Gasteiger partial charge in [0.1, 0.15) is 11.3 Å². The molecule has 7 nitrogen and oxygen atoms in total. The summed E-state index contributed by atoms with van der Waals surface area (Å²) in [6, 6.07) is 4.80. The van der Waals surface area contributed by atoms with E-state index >= 15 is 0 Å². The van der Waals surface area contributed by atoms with Crippen LogP contribution in [0.1, 0.15) is 49.5 Å². The number of aliphatic hydroxyl groups is 1. The number of benzene rings is 1. The lowest BCUT2D eigenvalue weighted by Gasteiger charge is -2.28. The van der Waals surface area contributed by atoms with Gasteiger partial charge in [0, 0.05) is 6.04 Å². The standard InChI is InChI=1S/C21H33NO6/c1-12(2)15(11-17(22)18(23)9-13(3)20(24)25)10-14-7-6-8-16(19(14)27-4)21(26)28-5/h6-8,12-13,15,17-18,23H,9-11,22H2,1-5H3,(H,24,25)/t13-,15+,17+,18+/m1/s1. The molecule has 0 saturated carbocycles. The van der Waals surface area contributed by atoms with E-state index in [-0.39, 0.29) is 18.3 Å². The molecule has 7 heteroatoms. The number of carboxylic acid groups (broad SMARTS) is 1. The highest BCUT2D eigenvalue weighted by Crippen LogP contribution is 2.31. The molecule has 0 aliphatic heterocycles. The van der Waals surface area contributed by atoms with Crippen LogP contribution in [-0.4, -0.2) is 48.5 Å². The molecule has 1 rings (SSSR count). The van der Waals surface area contributed by atoms with Gasteiger partial charge < -0.3 is 25.4 Å². The second kappa shape index (κ2) is 11.0. The van der Waals surface area contributed by atoms with E-state index in [1.807, 2.05) is 6.07 Å². The van der Waals surface area contributed by atoms with E-state index in [4.69, 9.17) is 20.3 Å². The number of carbonyl (C=O) groups excluding carboxylic acids is 1. The minimum atomic E-state index is -0.948. The molecule has 0 aliphatic rings. The third kappa shape index (κ3) is 6.49. The van der Waals surface area contributed by atoms with Crippen molar-refractivity contribution in [2.45, 2.75) is 52.2 Å². The SMILES string of the molecule is COC(=O)c1cccc(C[C@@H](C[C@H](N)[C@@H](O)C[C@@H](C)C(=O)O)C(C)C)c1OC. The molecule has 1 aromatic rings. The fraction of sp³-hybridized carbons (Fsp3) is 0.619. The summed E-state index contributed by atoms with van der Waals surface area (Å²) < 4.78 is 10.3. The zero-order chi connectivity index (χ0) is 21.4. The van der Waals surface area contributed by atoms with Crippen molar-refractivity contribution in [2.75, 3.05) is 14.2 Å². The van der Waals surface area contributed by atoms with Gasteiger partial charge in [-0.15, -0.1) is 0 Å². The summed E-state index contributed by atoms with van der Waals surface area (Å²) in [4.78, 5) is 23.0. The summed E-state index contributed by atoms with van der Waals surface area (Å²) in [5.74, 6) is -1.21. The summed E-state index contributed by atoms with van der Waals surface area (Å²) in [5, 5.41) is 19.3. The van der Waals surface area contributed by atoms with Crippen LogP contribution in [-0.2, 0) is 16.0 Å². The Morgan fingerprint density at radius 2 is 1.79 bits per heavy atom. The Morgan fingerprint density at radius 3 is 2.29 bits per heavy atom. The highest BCUT2D eigenvalue weighted by atomic mass is 16.5. The van der Waals surface area contributed by atoms with Crippen LogP contribution in [0.2, 0.25) is 0 Å². The lowest BCUT2D eigenvalue weighted by molar-refractivity contribution is -0.142. The van der Waals surface area contributed by atoms with Crippen molar-refractivity contribution >= 4 is 11.9 Å². The third-order valence-corrected chi connectivity index (χ3v) is 5.22. The van der Waals surface area contributed by atoms with E-state index in [1.54, 1.807) is 19.1 Å². The topological polar surface area (TPSA) is 119 Å². The van der Waals surface area contributed by atoms with Gasteiger partial charge in [0.25, 0.3) is 0 Å².